The monoisotopic (exact) mass is 357 g/mol. The summed E-state index contributed by atoms with van der Waals surface area (Å²) in [4.78, 5) is 27.3. The Balaban J connectivity index is 2.50. The fraction of sp³-hybridized carbons (Fsp3) is 0.444. The molecule has 0 aromatic carbocycles. The molecule has 8 nitrogen and oxygen atoms in total. The number of nitrogens with two attached hydrogens (primary N) is 2. The second-order valence-corrected chi connectivity index (χ2v) is 6.31. The molecule has 0 unspecified atom stereocenters. The third kappa shape index (κ3) is 4.45. The number of nitrogens with zero attached hydrogens (tertiary/aromatic N) is 4. The first-order chi connectivity index (χ1) is 12.4. The van der Waals surface area contributed by atoms with Crippen molar-refractivity contribution in [3.63, 3.8) is 0 Å². The van der Waals surface area contributed by atoms with Gasteiger partial charge in [0, 0.05) is 37.1 Å². The number of pyridine rings is 1. The van der Waals surface area contributed by atoms with Gasteiger partial charge in [0.05, 0.1) is 5.69 Å². The lowest BCUT2D eigenvalue weighted by molar-refractivity contribution is 0.0996. The van der Waals surface area contributed by atoms with Gasteiger partial charge in [-0.2, -0.15) is 0 Å². The molecule has 0 bridgehead atoms. The third-order valence-electron chi connectivity index (χ3n) is 4.10. The van der Waals surface area contributed by atoms with Gasteiger partial charge in [-0.15, -0.1) is 0 Å². The van der Waals surface area contributed by atoms with Gasteiger partial charge in [0.25, 0.3) is 5.91 Å². The lowest BCUT2D eigenvalue weighted by atomic mass is 10.2. The summed E-state index contributed by atoms with van der Waals surface area (Å²) in [6.45, 7) is 6.62. The van der Waals surface area contributed by atoms with Gasteiger partial charge >= 0.3 is 0 Å². The molecule has 2 rings (SSSR count). The van der Waals surface area contributed by atoms with Crippen LogP contribution in [0.2, 0.25) is 0 Å². The van der Waals surface area contributed by atoms with Crippen LogP contribution in [0.1, 0.15) is 42.6 Å². The maximum atomic E-state index is 11.9. The Morgan fingerprint density at radius 2 is 2.08 bits per heavy atom. The van der Waals surface area contributed by atoms with Crippen LogP contribution in [0.25, 0.3) is 0 Å². The summed E-state index contributed by atoms with van der Waals surface area (Å²) < 4.78 is 0. The van der Waals surface area contributed by atoms with Crippen molar-refractivity contribution in [2.75, 3.05) is 23.8 Å². The van der Waals surface area contributed by atoms with Crippen molar-refractivity contribution in [1.82, 2.24) is 15.0 Å². The number of anilines is 3. The van der Waals surface area contributed by atoms with E-state index in [1.54, 1.807) is 12.3 Å². The Morgan fingerprint density at radius 1 is 1.35 bits per heavy atom. The summed E-state index contributed by atoms with van der Waals surface area (Å²) in [6, 6.07) is 3.91. The van der Waals surface area contributed by atoms with E-state index >= 15 is 0 Å². The van der Waals surface area contributed by atoms with Crippen LogP contribution < -0.4 is 21.7 Å². The Hall–Kier alpha value is -2.74. The fourth-order valence-electron chi connectivity index (χ4n) is 2.46. The SMILES string of the molecule is CCc1nc(C(N)=O)c(Nc2ccnc(CCN)c2)nc1N(C)C(C)C. The summed E-state index contributed by atoms with van der Waals surface area (Å²) in [5.74, 6) is 0.443. The molecule has 0 fully saturated rings. The minimum Gasteiger partial charge on any atom is -0.364 e. The first-order valence-electron chi connectivity index (χ1n) is 8.72. The minimum atomic E-state index is -0.621. The van der Waals surface area contributed by atoms with Gasteiger partial charge in [-0.1, -0.05) is 6.92 Å². The van der Waals surface area contributed by atoms with Crippen LogP contribution in [0.4, 0.5) is 17.3 Å². The van der Waals surface area contributed by atoms with Gasteiger partial charge in [-0.25, -0.2) is 9.97 Å². The van der Waals surface area contributed by atoms with E-state index in [1.807, 2.05) is 24.9 Å². The van der Waals surface area contributed by atoms with Gasteiger partial charge in [0.1, 0.15) is 0 Å². The molecule has 26 heavy (non-hydrogen) atoms. The number of hydrogen-bond acceptors (Lipinski definition) is 7. The van der Waals surface area contributed by atoms with Gasteiger partial charge in [-0.05, 0) is 38.9 Å². The average Bonchev–Trinajstić information content (AvgIpc) is 2.61. The zero-order chi connectivity index (χ0) is 19.3. The second kappa shape index (κ2) is 8.57. The number of primary amides is 1. The quantitative estimate of drug-likeness (QED) is 0.656. The number of carbonyl (C=O) groups is 1. The van der Waals surface area contributed by atoms with Crippen molar-refractivity contribution in [2.45, 2.75) is 39.7 Å². The molecule has 8 heteroatoms. The number of amides is 1. The molecule has 140 valence electrons. The predicted molar refractivity (Wildman–Crippen MR) is 104 cm³/mol. The van der Waals surface area contributed by atoms with E-state index in [-0.39, 0.29) is 11.7 Å². The highest BCUT2D eigenvalue weighted by atomic mass is 16.1. The van der Waals surface area contributed by atoms with Crippen molar-refractivity contribution in [3.8, 4) is 0 Å². The second-order valence-electron chi connectivity index (χ2n) is 6.31. The number of hydrogen-bond donors (Lipinski definition) is 3. The number of nitrogens with one attached hydrogen (secondary N) is 1. The highest BCUT2D eigenvalue weighted by molar-refractivity contribution is 5.96. The van der Waals surface area contributed by atoms with Gasteiger partial charge < -0.3 is 21.7 Å². The molecule has 2 heterocycles. The highest BCUT2D eigenvalue weighted by Crippen LogP contribution is 2.25. The van der Waals surface area contributed by atoms with Gasteiger partial charge in [0.2, 0.25) is 0 Å². The zero-order valence-corrected chi connectivity index (χ0v) is 15.8. The Bertz CT molecular complexity index is 776. The van der Waals surface area contributed by atoms with Gasteiger partial charge in [0.15, 0.2) is 17.3 Å². The molecule has 1 amide bonds. The van der Waals surface area contributed by atoms with Crippen LogP contribution in [-0.4, -0.2) is 40.5 Å². The summed E-state index contributed by atoms with van der Waals surface area (Å²) in [7, 11) is 1.95. The van der Waals surface area contributed by atoms with Crippen molar-refractivity contribution < 1.29 is 4.79 Å². The normalized spacial score (nSPS) is 10.8. The molecular formula is C18H27N7O. The largest absolute Gasteiger partial charge is 0.364 e. The molecule has 2 aromatic rings. The van der Waals surface area contributed by atoms with Crippen molar-refractivity contribution >= 4 is 23.2 Å². The first-order valence-corrected chi connectivity index (χ1v) is 8.72. The van der Waals surface area contributed by atoms with E-state index in [9.17, 15) is 4.79 Å². The van der Waals surface area contributed by atoms with Crippen LogP contribution in [0.15, 0.2) is 18.3 Å². The molecular weight excluding hydrogens is 330 g/mol. The van der Waals surface area contributed by atoms with E-state index in [0.717, 1.165) is 22.9 Å². The van der Waals surface area contributed by atoms with E-state index < -0.39 is 5.91 Å². The van der Waals surface area contributed by atoms with Gasteiger partial charge in [-0.3, -0.25) is 9.78 Å². The molecule has 0 aliphatic rings. The number of aryl methyl sites for hydroxylation is 1. The van der Waals surface area contributed by atoms with Crippen LogP contribution in [0, 0.1) is 0 Å². The molecule has 0 radical (unpaired) electrons. The lowest BCUT2D eigenvalue weighted by Crippen LogP contribution is -2.29. The maximum absolute atomic E-state index is 11.9. The summed E-state index contributed by atoms with van der Waals surface area (Å²) >= 11 is 0. The number of rotatable bonds is 8. The number of aromatic nitrogens is 3. The highest BCUT2D eigenvalue weighted by Gasteiger charge is 2.20. The van der Waals surface area contributed by atoms with Crippen molar-refractivity contribution in [3.05, 3.63) is 35.4 Å². The van der Waals surface area contributed by atoms with E-state index in [2.05, 4.69) is 34.1 Å². The van der Waals surface area contributed by atoms with Crippen molar-refractivity contribution in [2.24, 2.45) is 11.5 Å². The maximum Gasteiger partial charge on any atom is 0.271 e. The smallest absolute Gasteiger partial charge is 0.271 e. The Kier molecular flexibility index (Phi) is 6.46. The summed E-state index contributed by atoms with van der Waals surface area (Å²) in [6.07, 6.45) is 3.00. The predicted octanol–water partition coefficient (Wildman–Crippen LogP) is 1.62. The first kappa shape index (κ1) is 19.6. The van der Waals surface area contributed by atoms with E-state index in [1.165, 1.54) is 0 Å². The van der Waals surface area contributed by atoms with Crippen LogP contribution in [0.5, 0.6) is 0 Å². The molecule has 0 aliphatic heterocycles. The molecule has 0 atom stereocenters. The zero-order valence-electron chi connectivity index (χ0n) is 15.8. The average molecular weight is 357 g/mol. The molecule has 5 N–H and O–H groups in total. The molecule has 0 spiro atoms. The van der Waals surface area contributed by atoms with E-state index in [4.69, 9.17) is 11.5 Å². The third-order valence-corrected chi connectivity index (χ3v) is 4.10. The molecule has 0 aliphatic carbocycles. The fourth-order valence-corrected chi connectivity index (χ4v) is 2.46. The Labute approximate surface area is 154 Å². The van der Waals surface area contributed by atoms with Crippen molar-refractivity contribution in [1.29, 1.82) is 0 Å². The molecule has 2 aromatic heterocycles. The lowest BCUT2D eigenvalue weighted by Gasteiger charge is -2.25. The van der Waals surface area contributed by atoms with Crippen LogP contribution in [-0.2, 0) is 12.8 Å². The molecule has 0 saturated heterocycles. The van der Waals surface area contributed by atoms with E-state index in [0.29, 0.717) is 25.2 Å². The molecule has 0 saturated carbocycles. The number of carbonyl (C=O) groups excluding carboxylic acids is 1. The minimum absolute atomic E-state index is 0.125. The standard InChI is InChI=1S/C18H27N7O/c1-5-14-18(25(4)11(2)3)24-17(15(23-14)16(20)26)22-13-7-9-21-12(10-13)6-8-19/h7,9-11H,5-6,8,19H2,1-4H3,(H2,20,26)(H,21,22,24). The Morgan fingerprint density at radius 3 is 2.65 bits per heavy atom. The van der Waals surface area contributed by atoms with Crippen LogP contribution in [0.3, 0.4) is 0 Å². The topological polar surface area (TPSA) is 123 Å². The summed E-state index contributed by atoms with van der Waals surface area (Å²) in [5.41, 5.74) is 13.6. The summed E-state index contributed by atoms with van der Waals surface area (Å²) in [5, 5.41) is 3.16. The van der Waals surface area contributed by atoms with Crippen LogP contribution >= 0.6 is 0 Å².